The van der Waals surface area contributed by atoms with E-state index in [0.29, 0.717) is 5.92 Å². The Morgan fingerprint density at radius 2 is 1.90 bits per heavy atom. The van der Waals surface area contributed by atoms with E-state index in [2.05, 4.69) is 88.0 Å². The van der Waals surface area contributed by atoms with E-state index in [9.17, 15) is 0 Å². The first-order chi connectivity index (χ1) is 15.1. The molecule has 0 amide bonds. The van der Waals surface area contributed by atoms with E-state index in [-0.39, 0.29) is 5.54 Å². The number of hydrogen-bond donors (Lipinski definition) is 1. The van der Waals surface area contributed by atoms with E-state index in [1.165, 1.54) is 27.5 Å². The van der Waals surface area contributed by atoms with Crippen LogP contribution in [0.1, 0.15) is 30.9 Å². The molecule has 2 aromatic carbocycles. The molecule has 0 radical (unpaired) electrons. The molecule has 0 saturated carbocycles. The van der Waals surface area contributed by atoms with Crippen molar-refractivity contribution in [2.24, 2.45) is 0 Å². The predicted molar refractivity (Wildman–Crippen MR) is 126 cm³/mol. The van der Waals surface area contributed by atoms with E-state index in [0.717, 1.165) is 31.9 Å². The first kappa shape index (κ1) is 20.0. The summed E-state index contributed by atoms with van der Waals surface area (Å²) in [6.07, 6.45) is 3.83. The summed E-state index contributed by atoms with van der Waals surface area (Å²) >= 11 is 0. The summed E-state index contributed by atoms with van der Waals surface area (Å²) in [6.45, 7) is 8.69. The van der Waals surface area contributed by atoms with Crippen LogP contribution in [-0.2, 0) is 5.54 Å². The molecule has 1 aliphatic rings. The van der Waals surface area contributed by atoms with E-state index < -0.39 is 0 Å². The fourth-order valence-corrected chi connectivity index (χ4v) is 5.19. The fourth-order valence-electron chi connectivity index (χ4n) is 5.19. The molecule has 0 spiro atoms. The lowest BCUT2D eigenvalue weighted by Gasteiger charge is -2.46. The van der Waals surface area contributed by atoms with Crippen LogP contribution >= 0.6 is 0 Å². The summed E-state index contributed by atoms with van der Waals surface area (Å²) in [5.74, 6) is 1.28. The molecular weight excluding hydrogens is 384 g/mol. The van der Waals surface area contributed by atoms with Crippen molar-refractivity contribution in [2.75, 3.05) is 33.3 Å². The molecule has 0 aliphatic carbocycles. The number of nitrogens with one attached hydrogen (secondary N) is 1. The Morgan fingerprint density at radius 3 is 2.71 bits per heavy atom. The van der Waals surface area contributed by atoms with E-state index in [1.54, 1.807) is 7.11 Å². The van der Waals surface area contributed by atoms with Crippen LogP contribution in [0, 0.1) is 0 Å². The van der Waals surface area contributed by atoms with Crippen LogP contribution in [0.5, 0.6) is 5.75 Å². The molecule has 1 aliphatic heterocycles. The summed E-state index contributed by atoms with van der Waals surface area (Å²) in [7, 11) is 1.72. The number of fused-ring (bicyclic) bond motifs is 3. The maximum absolute atomic E-state index is 5.37. The normalized spacial score (nSPS) is 20.9. The van der Waals surface area contributed by atoms with Crippen LogP contribution in [-0.4, -0.2) is 47.6 Å². The van der Waals surface area contributed by atoms with Gasteiger partial charge in [0, 0.05) is 37.8 Å². The van der Waals surface area contributed by atoms with E-state index >= 15 is 0 Å². The van der Waals surface area contributed by atoms with Gasteiger partial charge in [0.1, 0.15) is 5.75 Å². The zero-order chi connectivity index (χ0) is 21.4. The Kier molecular flexibility index (Phi) is 5.16. The molecule has 2 aromatic heterocycles. The summed E-state index contributed by atoms with van der Waals surface area (Å²) in [5.41, 5.74) is 5.15. The average molecular weight is 415 g/mol. The topological polar surface area (TPSA) is 41.8 Å². The van der Waals surface area contributed by atoms with E-state index in [4.69, 9.17) is 4.74 Å². The molecule has 2 atom stereocenters. The molecule has 3 heterocycles. The average Bonchev–Trinajstić information content (AvgIpc) is 3.15. The summed E-state index contributed by atoms with van der Waals surface area (Å²) < 4.78 is 7.60. The summed E-state index contributed by atoms with van der Waals surface area (Å²) in [5, 5.41) is 4.94. The monoisotopic (exact) mass is 414 g/mol. The number of hydrogen-bond acceptors (Lipinski definition) is 4. The Bertz CT molecular complexity index is 1150. The number of para-hydroxylation sites is 1. The Hall–Kier alpha value is -2.89. The zero-order valence-corrected chi connectivity index (χ0v) is 18.5. The van der Waals surface area contributed by atoms with Crippen molar-refractivity contribution in [3.63, 3.8) is 0 Å². The molecule has 31 heavy (non-hydrogen) atoms. The Morgan fingerprint density at radius 1 is 1.10 bits per heavy atom. The quantitative estimate of drug-likeness (QED) is 0.525. The lowest BCUT2D eigenvalue weighted by molar-refractivity contribution is 0.0679. The number of aromatic nitrogens is 2. The van der Waals surface area contributed by atoms with Crippen molar-refractivity contribution in [3.05, 3.63) is 78.2 Å². The third kappa shape index (κ3) is 3.38. The van der Waals surface area contributed by atoms with Crippen LogP contribution in [0.15, 0.2) is 67.1 Å². The van der Waals surface area contributed by atoms with Gasteiger partial charge in [0.2, 0.25) is 0 Å². The van der Waals surface area contributed by atoms with Crippen LogP contribution in [0.3, 0.4) is 0 Å². The Labute approximate surface area is 183 Å². The van der Waals surface area contributed by atoms with Gasteiger partial charge >= 0.3 is 0 Å². The van der Waals surface area contributed by atoms with Gasteiger partial charge in [0.05, 0.1) is 30.0 Å². The number of piperazine rings is 1. The molecule has 5 heteroatoms. The number of methoxy groups -OCH3 is 1. The predicted octanol–water partition coefficient (Wildman–Crippen LogP) is 4.42. The summed E-state index contributed by atoms with van der Waals surface area (Å²) in [4.78, 5) is 7.01. The first-order valence-electron chi connectivity index (χ1n) is 11.0. The van der Waals surface area contributed by atoms with Crippen molar-refractivity contribution in [3.8, 4) is 5.75 Å². The van der Waals surface area contributed by atoms with Crippen molar-refractivity contribution >= 4 is 16.4 Å². The number of nitrogens with zero attached hydrogens (tertiary/aromatic N) is 3. The van der Waals surface area contributed by atoms with Gasteiger partial charge in [-0.2, -0.15) is 0 Å². The minimum Gasteiger partial charge on any atom is -0.497 e. The lowest BCUT2D eigenvalue weighted by Crippen LogP contribution is -2.58. The van der Waals surface area contributed by atoms with Gasteiger partial charge in [-0.3, -0.25) is 4.90 Å². The fraction of sp³-hybridized carbons (Fsp3) is 0.346. The molecule has 1 fully saturated rings. The van der Waals surface area contributed by atoms with Gasteiger partial charge in [-0.05, 0) is 48.2 Å². The maximum Gasteiger partial charge on any atom is 0.118 e. The molecule has 5 nitrogen and oxygen atoms in total. The molecule has 5 rings (SSSR count). The van der Waals surface area contributed by atoms with Gasteiger partial charge < -0.3 is 14.5 Å². The molecule has 1 N–H and O–H groups in total. The highest BCUT2D eigenvalue weighted by atomic mass is 16.5. The van der Waals surface area contributed by atoms with Crippen LogP contribution in [0.4, 0.5) is 0 Å². The van der Waals surface area contributed by atoms with Crippen molar-refractivity contribution in [1.82, 2.24) is 19.6 Å². The van der Waals surface area contributed by atoms with Gasteiger partial charge in [-0.25, -0.2) is 4.98 Å². The smallest absolute Gasteiger partial charge is 0.118 e. The summed E-state index contributed by atoms with van der Waals surface area (Å²) in [6, 6.07) is 19.4. The lowest BCUT2D eigenvalue weighted by atomic mass is 9.86. The van der Waals surface area contributed by atoms with Gasteiger partial charge in [0.15, 0.2) is 0 Å². The third-order valence-corrected chi connectivity index (χ3v) is 6.91. The molecular formula is C26H30N4O. The molecule has 160 valence electrons. The van der Waals surface area contributed by atoms with Crippen LogP contribution in [0.2, 0.25) is 0 Å². The van der Waals surface area contributed by atoms with E-state index in [1.807, 2.05) is 12.5 Å². The Balaban J connectivity index is 1.52. The largest absolute Gasteiger partial charge is 0.497 e. The molecule has 0 bridgehead atoms. The standard InChI is InChI=1S/C26H30N4O/c1-19(25-22-6-4-5-7-23(22)30-18-28-13-12-24(25)30)16-29-15-14-27-17-26(29,2)20-8-10-21(31-3)11-9-20/h4-13,18-19,27H,14-17H2,1-3H3. The maximum atomic E-state index is 5.37. The van der Waals surface area contributed by atoms with Crippen LogP contribution < -0.4 is 10.1 Å². The number of ether oxygens (including phenoxy) is 1. The molecule has 4 aromatic rings. The second-order valence-electron chi connectivity index (χ2n) is 8.79. The zero-order valence-electron chi connectivity index (χ0n) is 18.5. The third-order valence-electron chi connectivity index (χ3n) is 6.91. The van der Waals surface area contributed by atoms with Crippen molar-refractivity contribution < 1.29 is 4.74 Å². The molecule has 2 unspecified atom stereocenters. The first-order valence-corrected chi connectivity index (χ1v) is 11.0. The molecule has 1 saturated heterocycles. The minimum absolute atomic E-state index is 0.0638. The minimum atomic E-state index is -0.0638. The van der Waals surface area contributed by atoms with Gasteiger partial charge in [-0.1, -0.05) is 37.3 Å². The van der Waals surface area contributed by atoms with Crippen molar-refractivity contribution in [2.45, 2.75) is 25.3 Å². The van der Waals surface area contributed by atoms with Gasteiger partial charge in [0.25, 0.3) is 0 Å². The SMILES string of the molecule is COc1ccc(C2(C)CNCCN2CC(C)c2c3ccccc3n3cnccc23)cc1. The highest BCUT2D eigenvalue weighted by Crippen LogP contribution is 2.36. The number of rotatable bonds is 5. The second-order valence-corrected chi connectivity index (χ2v) is 8.79. The van der Waals surface area contributed by atoms with Gasteiger partial charge in [-0.15, -0.1) is 0 Å². The van der Waals surface area contributed by atoms with Crippen LogP contribution in [0.25, 0.3) is 16.4 Å². The highest BCUT2D eigenvalue weighted by Gasteiger charge is 2.37. The highest BCUT2D eigenvalue weighted by molar-refractivity contribution is 5.92. The second kappa shape index (κ2) is 7.98. The van der Waals surface area contributed by atoms with Crippen molar-refractivity contribution in [1.29, 1.82) is 0 Å². The number of benzene rings is 2.